The molecular weight excluding hydrogens is 270 g/mol. The maximum absolute atomic E-state index is 12.0. The summed E-state index contributed by atoms with van der Waals surface area (Å²) in [6.07, 6.45) is 5.97. The van der Waals surface area contributed by atoms with Crippen molar-refractivity contribution in [1.82, 2.24) is 4.72 Å². The van der Waals surface area contributed by atoms with Crippen molar-refractivity contribution in [1.29, 1.82) is 0 Å². The molecule has 1 aliphatic carbocycles. The van der Waals surface area contributed by atoms with Crippen LogP contribution in [0.1, 0.15) is 32.1 Å². The molecule has 100 valence electrons. The van der Waals surface area contributed by atoms with Crippen LogP contribution in [-0.2, 0) is 10.0 Å². The highest BCUT2D eigenvalue weighted by Crippen LogP contribution is 2.23. The Kier molecular flexibility index (Phi) is 4.65. The summed E-state index contributed by atoms with van der Waals surface area (Å²) in [6.45, 7) is 0.547. The van der Waals surface area contributed by atoms with E-state index in [1.54, 1.807) is 12.1 Å². The molecule has 1 aromatic carbocycles. The molecule has 0 atom stereocenters. The summed E-state index contributed by atoms with van der Waals surface area (Å²) >= 11 is 5.75. The topological polar surface area (TPSA) is 46.2 Å². The Morgan fingerprint density at radius 3 is 2.33 bits per heavy atom. The fourth-order valence-electron chi connectivity index (χ4n) is 2.32. The molecule has 1 aliphatic rings. The van der Waals surface area contributed by atoms with Gasteiger partial charge in [0, 0.05) is 11.6 Å². The van der Waals surface area contributed by atoms with Crippen molar-refractivity contribution in [2.45, 2.75) is 37.0 Å². The Balaban J connectivity index is 1.96. The van der Waals surface area contributed by atoms with Gasteiger partial charge in [-0.25, -0.2) is 13.1 Å². The van der Waals surface area contributed by atoms with Gasteiger partial charge >= 0.3 is 0 Å². The highest BCUT2D eigenvalue weighted by Gasteiger charge is 2.18. The van der Waals surface area contributed by atoms with Crippen LogP contribution in [0, 0.1) is 5.92 Å². The van der Waals surface area contributed by atoms with E-state index in [9.17, 15) is 8.42 Å². The average Bonchev–Trinajstić information content (AvgIpc) is 2.38. The van der Waals surface area contributed by atoms with Crippen LogP contribution in [0.5, 0.6) is 0 Å². The normalized spacial score (nSPS) is 17.8. The molecule has 1 saturated carbocycles. The molecule has 5 heteroatoms. The molecule has 0 radical (unpaired) electrons. The molecule has 0 saturated heterocycles. The van der Waals surface area contributed by atoms with E-state index in [0.29, 0.717) is 17.5 Å². The fraction of sp³-hybridized carbons (Fsp3) is 0.538. The first kappa shape index (κ1) is 13.8. The van der Waals surface area contributed by atoms with Gasteiger partial charge in [0.2, 0.25) is 10.0 Å². The van der Waals surface area contributed by atoms with Gasteiger partial charge in [-0.05, 0) is 43.0 Å². The third-order valence-electron chi connectivity index (χ3n) is 3.41. The molecule has 1 aromatic rings. The molecule has 2 rings (SSSR count). The molecule has 0 spiro atoms. The number of hydrogen-bond donors (Lipinski definition) is 1. The number of rotatable bonds is 4. The van der Waals surface area contributed by atoms with E-state index in [1.807, 2.05) is 0 Å². The molecule has 0 aliphatic heterocycles. The van der Waals surface area contributed by atoms with Gasteiger partial charge in [-0.15, -0.1) is 0 Å². The van der Waals surface area contributed by atoms with Crippen molar-refractivity contribution in [2.75, 3.05) is 6.54 Å². The maximum Gasteiger partial charge on any atom is 0.240 e. The van der Waals surface area contributed by atoms with Gasteiger partial charge < -0.3 is 0 Å². The number of sulfonamides is 1. The second kappa shape index (κ2) is 6.04. The largest absolute Gasteiger partial charge is 0.240 e. The monoisotopic (exact) mass is 287 g/mol. The van der Waals surface area contributed by atoms with Crippen molar-refractivity contribution in [3.63, 3.8) is 0 Å². The van der Waals surface area contributed by atoms with E-state index >= 15 is 0 Å². The van der Waals surface area contributed by atoms with Crippen molar-refractivity contribution in [2.24, 2.45) is 5.92 Å². The van der Waals surface area contributed by atoms with Crippen LogP contribution in [0.3, 0.4) is 0 Å². The summed E-state index contributed by atoms with van der Waals surface area (Å²) in [4.78, 5) is 0.280. The maximum atomic E-state index is 12.0. The Morgan fingerprint density at radius 1 is 1.11 bits per heavy atom. The van der Waals surface area contributed by atoms with E-state index in [2.05, 4.69) is 4.72 Å². The van der Waals surface area contributed by atoms with Crippen LogP contribution >= 0.6 is 11.6 Å². The van der Waals surface area contributed by atoms with Crippen LogP contribution in [0.4, 0.5) is 0 Å². The molecule has 0 aromatic heterocycles. The Labute approximate surface area is 114 Å². The van der Waals surface area contributed by atoms with Gasteiger partial charge in [0.25, 0.3) is 0 Å². The number of halogens is 1. The number of nitrogens with one attached hydrogen (secondary N) is 1. The van der Waals surface area contributed by atoms with Crippen LogP contribution in [0.25, 0.3) is 0 Å². The van der Waals surface area contributed by atoms with E-state index in [0.717, 1.165) is 12.8 Å². The summed E-state index contributed by atoms with van der Waals surface area (Å²) < 4.78 is 26.8. The summed E-state index contributed by atoms with van der Waals surface area (Å²) in [5.74, 6) is 0.487. The third-order valence-corrected chi connectivity index (χ3v) is 5.10. The lowest BCUT2D eigenvalue weighted by atomic mass is 9.90. The Hall–Kier alpha value is -0.580. The van der Waals surface area contributed by atoms with Gasteiger partial charge in [-0.3, -0.25) is 0 Å². The van der Waals surface area contributed by atoms with Gasteiger partial charge in [0.15, 0.2) is 0 Å². The van der Waals surface area contributed by atoms with Crippen molar-refractivity contribution >= 4 is 21.6 Å². The quantitative estimate of drug-likeness (QED) is 0.924. The second-order valence-electron chi connectivity index (χ2n) is 4.81. The number of hydrogen-bond acceptors (Lipinski definition) is 2. The second-order valence-corrected chi connectivity index (χ2v) is 7.01. The van der Waals surface area contributed by atoms with Crippen LogP contribution in [0.2, 0.25) is 5.02 Å². The fourth-order valence-corrected chi connectivity index (χ4v) is 3.56. The highest BCUT2D eigenvalue weighted by atomic mass is 35.5. The molecule has 0 unspecified atom stereocenters. The minimum atomic E-state index is -3.39. The molecule has 3 nitrogen and oxygen atoms in total. The minimum Gasteiger partial charge on any atom is -0.211 e. The molecule has 18 heavy (non-hydrogen) atoms. The Morgan fingerprint density at radius 2 is 1.72 bits per heavy atom. The first-order valence-electron chi connectivity index (χ1n) is 6.33. The first-order chi connectivity index (χ1) is 8.58. The standard InChI is InChI=1S/C13H18ClNO2S/c14-12-6-8-13(9-7-12)18(16,17)15-10-11-4-2-1-3-5-11/h6-9,11,15H,1-5,10H2. The molecular formula is C13H18ClNO2S. The number of benzene rings is 1. The van der Waals surface area contributed by atoms with Crippen molar-refractivity contribution < 1.29 is 8.42 Å². The zero-order valence-corrected chi connectivity index (χ0v) is 11.8. The van der Waals surface area contributed by atoms with E-state index in [-0.39, 0.29) is 4.90 Å². The van der Waals surface area contributed by atoms with Crippen LogP contribution in [-0.4, -0.2) is 15.0 Å². The van der Waals surface area contributed by atoms with Gasteiger partial charge in [-0.2, -0.15) is 0 Å². The summed E-state index contributed by atoms with van der Waals surface area (Å²) in [6, 6.07) is 6.25. The smallest absolute Gasteiger partial charge is 0.211 e. The summed E-state index contributed by atoms with van der Waals surface area (Å²) in [7, 11) is -3.39. The molecule has 0 amide bonds. The predicted molar refractivity (Wildman–Crippen MR) is 73.2 cm³/mol. The van der Waals surface area contributed by atoms with E-state index < -0.39 is 10.0 Å². The molecule has 0 bridgehead atoms. The Bertz CT molecular complexity index is 478. The lowest BCUT2D eigenvalue weighted by molar-refractivity contribution is 0.357. The highest BCUT2D eigenvalue weighted by molar-refractivity contribution is 7.89. The lowest BCUT2D eigenvalue weighted by Gasteiger charge is -2.21. The van der Waals surface area contributed by atoms with Gasteiger partial charge in [0.05, 0.1) is 4.90 Å². The molecule has 0 heterocycles. The van der Waals surface area contributed by atoms with Gasteiger partial charge in [-0.1, -0.05) is 30.9 Å². The predicted octanol–water partition coefficient (Wildman–Crippen LogP) is 3.20. The van der Waals surface area contributed by atoms with E-state index in [4.69, 9.17) is 11.6 Å². The molecule has 1 fully saturated rings. The molecule has 1 N–H and O–H groups in total. The van der Waals surface area contributed by atoms with Crippen molar-refractivity contribution in [3.8, 4) is 0 Å². The van der Waals surface area contributed by atoms with Crippen molar-refractivity contribution in [3.05, 3.63) is 29.3 Å². The first-order valence-corrected chi connectivity index (χ1v) is 8.19. The van der Waals surface area contributed by atoms with Crippen LogP contribution in [0.15, 0.2) is 29.2 Å². The summed E-state index contributed by atoms with van der Waals surface area (Å²) in [5, 5.41) is 0.543. The van der Waals surface area contributed by atoms with Crippen LogP contribution < -0.4 is 4.72 Å². The van der Waals surface area contributed by atoms with E-state index in [1.165, 1.54) is 31.4 Å². The average molecular weight is 288 g/mol. The summed E-state index contributed by atoms with van der Waals surface area (Å²) in [5.41, 5.74) is 0. The lowest BCUT2D eigenvalue weighted by Crippen LogP contribution is -2.30. The SMILES string of the molecule is O=S(=O)(NCC1CCCCC1)c1ccc(Cl)cc1. The minimum absolute atomic E-state index is 0.280. The zero-order chi connectivity index (χ0) is 13.0. The zero-order valence-electron chi connectivity index (χ0n) is 10.2. The van der Waals surface area contributed by atoms with Gasteiger partial charge in [0.1, 0.15) is 0 Å². The third kappa shape index (κ3) is 3.70.